The summed E-state index contributed by atoms with van der Waals surface area (Å²) < 4.78 is 0. The second-order valence-electron chi connectivity index (χ2n) is 6.36. The van der Waals surface area contributed by atoms with Gasteiger partial charge in [0.2, 0.25) is 0 Å². The van der Waals surface area contributed by atoms with E-state index in [0.29, 0.717) is 0 Å². The van der Waals surface area contributed by atoms with E-state index < -0.39 is 0 Å². The average molecular weight is 327 g/mol. The van der Waals surface area contributed by atoms with Gasteiger partial charge in [-0.15, -0.1) is 0 Å². The molecule has 0 spiro atoms. The predicted octanol–water partition coefficient (Wildman–Crippen LogP) is 6.57. The minimum Gasteiger partial charge on any atom is -0.247 e. The van der Waals surface area contributed by atoms with Crippen LogP contribution in [0.25, 0.3) is 28.0 Å². The van der Waals surface area contributed by atoms with Crippen molar-refractivity contribution in [3.8, 4) is 22.4 Å². The molecule has 0 saturated heterocycles. The first-order chi connectivity index (χ1) is 12.2. The van der Waals surface area contributed by atoms with Gasteiger partial charge in [-0.1, -0.05) is 81.1 Å². The SMILES string of the molecule is C=C(C)c1nc(-c2ccccc2)c(CC)c(CC)c1-c1ccccc1. The number of hydrogen-bond acceptors (Lipinski definition) is 1. The van der Waals surface area contributed by atoms with Crippen LogP contribution in [0.15, 0.2) is 67.2 Å². The largest absolute Gasteiger partial charge is 0.247 e. The van der Waals surface area contributed by atoms with Crippen LogP contribution in [0.1, 0.15) is 37.6 Å². The summed E-state index contributed by atoms with van der Waals surface area (Å²) in [5.41, 5.74) is 9.49. The van der Waals surface area contributed by atoms with Crippen molar-refractivity contribution in [1.29, 1.82) is 0 Å². The molecular weight excluding hydrogens is 302 g/mol. The maximum atomic E-state index is 5.10. The standard InChI is InChI=1S/C24H25N/c1-5-20-21(6-2)24(19-15-11-8-12-16-19)25-23(17(3)4)22(20)18-13-9-7-10-14-18/h7-16H,3,5-6H2,1-2,4H3. The van der Waals surface area contributed by atoms with Gasteiger partial charge in [-0.05, 0) is 42.0 Å². The Hall–Kier alpha value is -2.67. The van der Waals surface area contributed by atoms with E-state index in [4.69, 9.17) is 4.98 Å². The van der Waals surface area contributed by atoms with Gasteiger partial charge in [0.15, 0.2) is 0 Å². The molecule has 25 heavy (non-hydrogen) atoms. The summed E-state index contributed by atoms with van der Waals surface area (Å²) in [5.74, 6) is 0. The van der Waals surface area contributed by atoms with Crippen LogP contribution < -0.4 is 0 Å². The highest BCUT2D eigenvalue weighted by Gasteiger charge is 2.20. The van der Waals surface area contributed by atoms with E-state index in [1.807, 2.05) is 6.07 Å². The fraction of sp³-hybridized carbons (Fsp3) is 0.208. The highest BCUT2D eigenvalue weighted by atomic mass is 14.7. The summed E-state index contributed by atoms with van der Waals surface area (Å²) in [4.78, 5) is 5.10. The normalized spacial score (nSPS) is 10.7. The van der Waals surface area contributed by atoms with Crippen molar-refractivity contribution in [3.63, 3.8) is 0 Å². The molecule has 0 fully saturated rings. The van der Waals surface area contributed by atoms with Gasteiger partial charge in [0, 0.05) is 11.1 Å². The third-order valence-corrected chi connectivity index (χ3v) is 4.63. The van der Waals surface area contributed by atoms with E-state index in [-0.39, 0.29) is 0 Å². The number of aromatic nitrogens is 1. The Morgan fingerprint density at radius 3 is 1.80 bits per heavy atom. The second kappa shape index (κ2) is 7.48. The first-order valence-electron chi connectivity index (χ1n) is 8.99. The zero-order valence-corrected chi connectivity index (χ0v) is 15.3. The van der Waals surface area contributed by atoms with E-state index >= 15 is 0 Å². The smallest absolute Gasteiger partial charge is 0.0744 e. The van der Waals surface area contributed by atoms with E-state index in [9.17, 15) is 0 Å². The minimum atomic E-state index is 0.969. The molecule has 0 radical (unpaired) electrons. The molecule has 2 aromatic carbocycles. The lowest BCUT2D eigenvalue weighted by molar-refractivity contribution is 1.01. The van der Waals surface area contributed by atoms with Gasteiger partial charge in [-0.25, -0.2) is 4.98 Å². The monoisotopic (exact) mass is 327 g/mol. The van der Waals surface area contributed by atoms with Crippen LogP contribution in [0.2, 0.25) is 0 Å². The zero-order chi connectivity index (χ0) is 17.8. The van der Waals surface area contributed by atoms with E-state index in [1.54, 1.807) is 0 Å². The quantitative estimate of drug-likeness (QED) is 0.516. The molecule has 0 aliphatic rings. The lowest BCUT2D eigenvalue weighted by atomic mass is 9.87. The lowest BCUT2D eigenvalue weighted by Crippen LogP contribution is -2.06. The highest BCUT2D eigenvalue weighted by molar-refractivity contribution is 5.84. The Morgan fingerprint density at radius 1 is 0.800 bits per heavy atom. The zero-order valence-electron chi connectivity index (χ0n) is 15.3. The number of rotatable bonds is 5. The summed E-state index contributed by atoms with van der Waals surface area (Å²) in [6.07, 6.45) is 1.95. The number of benzene rings is 2. The van der Waals surface area contributed by atoms with Crippen LogP contribution in [0.3, 0.4) is 0 Å². The van der Waals surface area contributed by atoms with Crippen molar-refractivity contribution in [2.75, 3.05) is 0 Å². The molecule has 0 atom stereocenters. The maximum Gasteiger partial charge on any atom is 0.0744 e. The third-order valence-electron chi connectivity index (χ3n) is 4.63. The first kappa shape index (κ1) is 17.2. The molecule has 0 saturated carbocycles. The molecule has 3 aromatic rings. The van der Waals surface area contributed by atoms with Gasteiger partial charge in [0.05, 0.1) is 11.4 Å². The molecule has 3 rings (SSSR count). The minimum absolute atomic E-state index is 0.969. The summed E-state index contributed by atoms with van der Waals surface area (Å²) >= 11 is 0. The Labute approximate surface area is 151 Å². The number of nitrogens with zero attached hydrogens (tertiary/aromatic N) is 1. The molecule has 1 aromatic heterocycles. The summed E-state index contributed by atoms with van der Waals surface area (Å²) in [5, 5.41) is 0. The number of pyridine rings is 1. The van der Waals surface area contributed by atoms with Gasteiger partial charge >= 0.3 is 0 Å². The van der Waals surface area contributed by atoms with Crippen molar-refractivity contribution < 1.29 is 0 Å². The summed E-state index contributed by atoms with van der Waals surface area (Å²) in [6, 6.07) is 21.1. The van der Waals surface area contributed by atoms with Crippen LogP contribution in [0, 0.1) is 0 Å². The molecule has 0 bridgehead atoms. The van der Waals surface area contributed by atoms with Crippen LogP contribution in [-0.2, 0) is 12.8 Å². The van der Waals surface area contributed by atoms with Crippen molar-refractivity contribution in [1.82, 2.24) is 4.98 Å². The van der Waals surface area contributed by atoms with Gasteiger partial charge in [0.25, 0.3) is 0 Å². The van der Waals surface area contributed by atoms with Gasteiger partial charge in [-0.3, -0.25) is 0 Å². The van der Waals surface area contributed by atoms with Crippen molar-refractivity contribution >= 4 is 5.57 Å². The van der Waals surface area contributed by atoms with Crippen LogP contribution >= 0.6 is 0 Å². The fourth-order valence-corrected chi connectivity index (χ4v) is 3.50. The molecule has 0 unspecified atom stereocenters. The second-order valence-corrected chi connectivity index (χ2v) is 6.36. The molecular formula is C24H25N. The number of allylic oxidation sites excluding steroid dienone is 1. The van der Waals surface area contributed by atoms with Crippen molar-refractivity contribution in [3.05, 3.63) is 84.1 Å². The topological polar surface area (TPSA) is 12.9 Å². The first-order valence-corrected chi connectivity index (χ1v) is 8.99. The molecule has 126 valence electrons. The highest BCUT2D eigenvalue weighted by Crippen LogP contribution is 2.37. The lowest BCUT2D eigenvalue weighted by Gasteiger charge is -2.21. The Morgan fingerprint density at radius 2 is 1.32 bits per heavy atom. The molecule has 1 heterocycles. The van der Waals surface area contributed by atoms with Crippen molar-refractivity contribution in [2.45, 2.75) is 33.6 Å². The molecule has 1 heteroatoms. The van der Waals surface area contributed by atoms with Gasteiger partial charge < -0.3 is 0 Å². The number of hydrogen-bond donors (Lipinski definition) is 0. The molecule has 0 N–H and O–H groups in total. The maximum absolute atomic E-state index is 5.10. The fourth-order valence-electron chi connectivity index (χ4n) is 3.50. The summed E-state index contributed by atoms with van der Waals surface area (Å²) in [7, 11) is 0. The van der Waals surface area contributed by atoms with E-state index in [0.717, 1.165) is 29.8 Å². The Bertz CT molecular complexity index is 877. The van der Waals surface area contributed by atoms with Crippen LogP contribution in [-0.4, -0.2) is 4.98 Å². The predicted molar refractivity (Wildman–Crippen MR) is 109 cm³/mol. The Balaban J connectivity index is 2.39. The van der Waals surface area contributed by atoms with E-state index in [1.165, 1.54) is 27.8 Å². The van der Waals surface area contributed by atoms with E-state index in [2.05, 4.69) is 81.9 Å². The summed E-state index contributed by atoms with van der Waals surface area (Å²) in [6.45, 7) is 10.7. The van der Waals surface area contributed by atoms with Crippen LogP contribution in [0.5, 0.6) is 0 Å². The molecule has 1 nitrogen and oxygen atoms in total. The molecule has 0 aliphatic carbocycles. The molecule has 0 aliphatic heterocycles. The van der Waals surface area contributed by atoms with Crippen molar-refractivity contribution in [2.24, 2.45) is 0 Å². The average Bonchev–Trinajstić information content (AvgIpc) is 2.67. The molecule has 0 amide bonds. The van der Waals surface area contributed by atoms with Crippen LogP contribution in [0.4, 0.5) is 0 Å². The van der Waals surface area contributed by atoms with Gasteiger partial charge in [0.1, 0.15) is 0 Å². The third kappa shape index (κ3) is 3.28. The van der Waals surface area contributed by atoms with Gasteiger partial charge in [-0.2, -0.15) is 0 Å². The Kier molecular flexibility index (Phi) is 5.14.